The van der Waals surface area contributed by atoms with Crippen LogP contribution < -0.4 is 4.90 Å². The van der Waals surface area contributed by atoms with Crippen LogP contribution in [0.2, 0.25) is 0 Å². The smallest absolute Gasteiger partial charge is 0.229 e. The molecule has 0 saturated carbocycles. The first-order valence-corrected chi connectivity index (χ1v) is 7.90. The Labute approximate surface area is 122 Å². The first-order valence-electron chi connectivity index (χ1n) is 7.13. The topological polar surface area (TPSA) is 58.6 Å². The molecule has 2 saturated heterocycles. The summed E-state index contributed by atoms with van der Waals surface area (Å²) in [7, 11) is 1.68. The summed E-state index contributed by atoms with van der Waals surface area (Å²) < 4.78 is 9.34. The fourth-order valence-electron chi connectivity index (χ4n) is 2.65. The van der Waals surface area contributed by atoms with Crippen LogP contribution in [0, 0.1) is 5.92 Å². The van der Waals surface area contributed by atoms with Gasteiger partial charge in [0, 0.05) is 51.2 Å². The monoisotopic (exact) mass is 296 g/mol. The van der Waals surface area contributed by atoms with Crippen LogP contribution in [0.1, 0.15) is 18.7 Å². The molecule has 1 amide bonds. The molecule has 3 rings (SSSR count). The van der Waals surface area contributed by atoms with Crippen LogP contribution in [0.3, 0.4) is 0 Å². The number of anilines is 1. The predicted molar refractivity (Wildman–Crippen MR) is 77.0 cm³/mol. The number of hydrogen-bond acceptors (Lipinski definition) is 6. The molecular weight excluding hydrogens is 276 g/mol. The van der Waals surface area contributed by atoms with Crippen molar-refractivity contribution in [3.05, 3.63) is 5.82 Å². The Bertz CT molecular complexity index is 467. The maximum atomic E-state index is 12.2. The van der Waals surface area contributed by atoms with E-state index in [1.807, 2.05) is 4.90 Å². The maximum Gasteiger partial charge on any atom is 0.229 e. The Morgan fingerprint density at radius 2 is 2.15 bits per heavy atom. The van der Waals surface area contributed by atoms with Crippen molar-refractivity contribution in [3.63, 3.8) is 0 Å². The molecule has 1 aromatic heterocycles. The minimum absolute atomic E-state index is 0.152. The third-order valence-corrected chi connectivity index (χ3v) is 4.72. The van der Waals surface area contributed by atoms with Crippen LogP contribution in [0.15, 0.2) is 0 Å². The Balaban J connectivity index is 1.49. The zero-order valence-corrected chi connectivity index (χ0v) is 12.6. The number of likely N-dealkylation sites (tertiary alicyclic amines) is 1. The summed E-state index contributed by atoms with van der Waals surface area (Å²) in [4.78, 5) is 20.8. The van der Waals surface area contributed by atoms with Gasteiger partial charge in [0.2, 0.25) is 11.0 Å². The minimum Gasteiger partial charge on any atom is -0.384 e. The second-order valence-corrected chi connectivity index (χ2v) is 6.10. The van der Waals surface area contributed by atoms with E-state index in [1.165, 1.54) is 11.5 Å². The molecule has 2 fully saturated rings. The quantitative estimate of drug-likeness (QED) is 0.804. The average molecular weight is 296 g/mol. The Hall–Kier alpha value is -1.21. The van der Waals surface area contributed by atoms with E-state index < -0.39 is 0 Å². The third kappa shape index (κ3) is 2.78. The summed E-state index contributed by atoms with van der Waals surface area (Å²) >= 11 is 1.41. The first-order chi connectivity index (χ1) is 9.78. The van der Waals surface area contributed by atoms with Crippen molar-refractivity contribution in [1.29, 1.82) is 0 Å². The first kappa shape index (κ1) is 13.8. The maximum absolute atomic E-state index is 12.2. The summed E-state index contributed by atoms with van der Waals surface area (Å²) in [6.45, 7) is 4.10. The van der Waals surface area contributed by atoms with Gasteiger partial charge in [-0.3, -0.25) is 4.79 Å². The lowest BCUT2D eigenvalue weighted by molar-refractivity contribution is -0.135. The molecule has 3 heterocycles. The van der Waals surface area contributed by atoms with Crippen LogP contribution >= 0.6 is 11.5 Å². The molecule has 0 radical (unpaired) electrons. The number of carbonyl (C=O) groups is 1. The summed E-state index contributed by atoms with van der Waals surface area (Å²) in [5.41, 5.74) is 0. The molecule has 20 heavy (non-hydrogen) atoms. The van der Waals surface area contributed by atoms with Gasteiger partial charge in [-0.05, 0) is 12.8 Å². The highest BCUT2D eigenvalue weighted by molar-refractivity contribution is 7.09. The predicted octanol–water partition coefficient (Wildman–Crippen LogP) is 0.786. The molecule has 0 N–H and O–H groups in total. The lowest BCUT2D eigenvalue weighted by Crippen LogP contribution is -2.54. The Kier molecular flexibility index (Phi) is 4.16. The average Bonchev–Trinajstić information content (AvgIpc) is 3.06. The molecule has 1 aromatic rings. The van der Waals surface area contributed by atoms with Crippen molar-refractivity contribution < 1.29 is 9.53 Å². The Morgan fingerprint density at radius 3 is 2.85 bits per heavy atom. The molecule has 0 aliphatic carbocycles. The summed E-state index contributed by atoms with van der Waals surface area (Å²) in [5, 5.41) is 0.932. The molecule has 0 bridgehead atoms. The molecule has 0 aromatic carbocycles. The van der Waals surface area contributed by atoms with Crippen molar-refractivity contribution >= 4 is 22.6 Å². The molecule has 6 nitrogen and oxygen atoms in total. The second kappa shape index (κ2) is 6.05. The van der Waals surface area contributed by atoms with Gasteiger partial charge in [0.05, 0.1) is 12.5 Å². The molecule has 2 aliphatic heterocycles. The number of amides is 1. The van der Waals surface area contributed by atoms with E-state index in [1.54, 1.807) is 7.11 Å². The number of aromatic nitrogens is 2. The number of nitrogens with zero attached hydrogens (tertiary/aromatic N) is 4. The van der Waals surface area contributed by atoms with Gasteiger partial charge < -0.3 is 14.5 Å². The number of hydrogen-bond donors (Lipinski definition) is 0. The van der Waals surface area contributed by atoms with Crippen LogP contribution in [0.5, 0.6) is 0 Å². The largest absolute Gasteiger partial charge is 0.384 e. The van der Waals surface area contributed by atoms with Crippen molar-refractivity contribution in [2.45, 2.75) is 19.3 Å². The second-order valence-electron chi connectivity index (χ2n) is 5.37. The third-order valence-electron chi connectivity index (χ3n) is 3.91. The highest BCUT2D eigenvalue weighted by Crippen LogP contribution is 2.28. The summed E-state index contributed by atoms with van der Waals surface area (Å²) in [6.07, 6.45) is 3.06. The summed E-state index contributed by atoms with van der Waals surface area (Å²) in [6, 6.07) is 0. The Morgan fingerprint density at radius 1 is 1.40 bits per heavy atom. The van der Waals surface area contributed by atoms with Gasteiger partial charge in [-0.2, -0.15) is 4.37 Å². The van der Waals surface area contributed by atoms with Crippen molar-refractivity contribution in [2.24, 2.45) is 5.92 Å². The molecule has 0 atom stereocenters. The standard InChI is InChI=1S/C13H20N4O2S/c1-19-7-4-11-14-13(20-15-11)17-8-10(9-17)12(18)16-5-2-3-6-16/h10H,2-9H2,1H3. The lowest BCUT2D eigenvalue weighted by atomic mass is 9.99. The van der Waals surface area contributed by atoms with Crippen molar-refractivity contribution in [2.75, 3.05) is 44.8 Å². The fourth-order valence-corrected chi connectivity index (χ4v) is 3.38. The zero-order chi connectivity index (χ0) is 13.9. The van der Waals surface area contributed by atoms with E-state index in [-0.39, 0.29) is 5.92 Å². The van der Waals surface area contributed by atoms with Crippen LogP contribution in [-0.2, 0) is 16.0 Å². The van der Waals surface area contributed by atoms with Crippen LogP contribution in [0.4, 0.5) is 5.13 Å². The highest BCUT2D eigenvalue weighted by Gasteiger charge is 2.37. The summed E-state index contributed by atoms with van der Waals surface area (Å²) in [5.74, 6) is 1.31. The number of carbonyl (C=O) groups excluding carboxylic acids is 1. The van der Waals surface area contributed by atoms with Crippen molar-refractivity contribution in [1.82, 2.24) is 14.3 Å². The minimum atomic E-state index is 0.152. The normalized spacial score (nSPS) is 19.4. The molecule has 2 aliphatic rings. The number of ether oxygens (including phenoxy) is 1. The fraction of sp³-hybridized carbons (Fsp3) is 0.769. The highest BCUT2D eigenvalue weighted by atomic mass is 32.1. The van der Waals surface area contributed by atoms with E-state index in [4.69, 9.17) is 4.74 Å². The van der Waals surface area contributed by atoms with E-state index in [0.29, 0.717) is 12.5 Å². The number of rotatable bonds is 5. The lowest BCUT2D eigenvalue weighted by Gasteiger charge is -2.39. The molecule has 7 heteroatoms. The number of methoxy groups -OCH3 is 1. The van der Waals surface area contributed by atoms with Gasteiger partial charge in [-0.15, -0.1) is 0 Å². The van der Waals surface area contributed by atoms with E-state index in [2.05, 4.69) is 14.3 Å². The van der Waals surface area contributed by atoms with Gasteiger partial charge in [0.15, 0.2) is 0 Å². The van der Waals surface area contributed by atoms with Gasteiger partial charge in [-0.1, -0.05) is 0 Å². The van der Waals surface area contributed by atoms with E-state index >= 15 is 0 Å². The molecule has 0 unspecified atom stereocenters. The van der Waals surface area contributed by atoms with E-state index in [9.17, 15) is 4.79 Å². The SMILES string of the molecule is COCCc1nsc(N2CC(C(=O)N3CCCC3)C2)n1. The zero-order valence-electron chi connectivity index (χ0n) is 11.7. The van der Waals surface area contributed by atoms with Crippen LogP contribution in [0.25, 0.3) is 0 Å². The van der Waals surface area contributed by atoms with Gasteiger partial charge in [0.25, 0.3) is 0 Å². The van der Waals surface area contributed by atoms with Gasteiger partial charge >= 0.3 is 0 Å². The molecule has 0 spiro atoms. The van der Waals surface area contributed by atoms with E-state index in [0.717, 1.165) is 56.4 Å². The molecular formula is C13H20N4O2S. The van der Waals surface area contributed by atoms with Crippen LogP contribution in [-0.4, -0.2) is 60.1 Å². The van der Waals surface area contributed by atoms with Crippen molar-refractivity contribution in [3.8, 4) is 0 Å². The van der Waals surface area contributed by atoms with Gasteiger partial charge in [-0.25, -0.2) is 4.98 Å². The molecule has 110 valence electrons. The van der Waals surface area contributed by atoms with Gasteiger partial charge in [0.1, 0.15) is 5.82 Å².